The van der Waals surface area contributed by atoms with Gasteiger partial charge in [0.1, 0.15) is 0 Å². The summed E-state index contributed by atoms with van der Waals surface area (Å²) in [6.45, 7) is 0. The van der Waals surface area contributed by atoms with E-state index in [4.69, 9.17) is 0 Å². The summed E-state index contributed by atoms with van der Waals surface area (Å²) in [4.78, 5) is 15.6. The quantitative estimate of drug-likeness (QED) is 0.426. The predicted molar refractivity (Wildman–Crippen MR) is 57.6 cm³/mol. The maximum absolute atomic E-state index is 11.1. The molecule has 66 valence electrons. The molecule has 1 rings (SSSR count). The van der Waals surface area contributed by atoms with Crippen LogP contribution in [0.3, 0.4) is 0 Å². The second kappa shape index (κ2) is 4.92. The van der Waals surface area contributed by atoms with E-state index in [1.165, 1.54) is 0 Å². The lowest BCUT2D eigenvalue weighted by molar-refractivity contribution is 0.100. The van der Waals surface area contributed by atoms with Crippen LogP contribution in [0.4, 0.5) is 0 Å². The Kier molecular flexibility index (Phi) is 3.83. The van der Waals surface area contributed by atoms with Crippen molar-refractivity contribution in [2.45, 2.75) is 4.90 Å². The van der Waals surface area contributed by atoms with Gasteiger partial charge in [0.25, 0.3) is 5.91 Å². The number of thioether (sulfide) groups is 1. The summed E-state index contributed by atoms with van der Waals surface area (Å²) in [7, 11) is 0. The molecule has 0 radical (unpaired) electrons. The molecule has 0 spiro atoms. The van der Waals surface area contributed by atoms with Gasteiger partial charge in [-0.05, 0) is 42.7 Å². The van der Waals surface area contributed by atoms with Crippen LogP contribution in [-0.2, 0) is 0 Å². The van der Waals surface area contributed by atoms with E-state index in [9.17, 15) is 4.79 Å². The maximum Gasteiger partial charge on any atom is 0.285 e. The monoisotopic (exact) mass is 209 g/mol. The Labute approximate surface area is 86.1 Å². The Hall–Kier alpha value is -0.960. The van der Waals surface area contributed by atoms with Gasteiger partial charge in [0, 0.05) is 10.5 Å². The van der Waals surface area contributed by atoms with Crippen LogP contribution in [0.2, 0.25) is 0 Å². The second-order valence-electron chi connectivity index (χ2n) is 2.24. The zero-order valence-electron chi connectivity index (χ0n) is 6.98. The number of amides is 1. The van der Waals surface area contributed by atoms with Crippen molar-refractivity contribution >= 4 is 35.0 Å². The van der Waals surface area contributed by atoms with Gasteiger partial charge in [-0.15, -0.1) is 11.8 Å². The van der Waals surface area contributed by atoms with Gasteiger partial charge in [0.2, 0.25) is 0 Å². The van der Waals surface area contributed by atoms with E-state index in [1.54, 1.807) is 23.9 Å². The van der Waals surface area contributed by atoms with E-state index in [0.717, 1.165) is 4.90 Å². The van der Waals surface area contributed by atoms with Gasteiger partial charge < -0.3 is 0 Å². The molecule has 13 heavy (non-hydrogen) atoms. The third-order valence-corrected chi connectivity index (χ3v) is 2.32. The fraction of sp³-hybridized carbons (Fsp3) is 0.111. The van der Waals surface area contributed by atoms with Gasteiger partial charge >= 0.3 is 0 Å². The molecule has 0 aliphatic carbocycles. The third kappa shape index (κ3) is 2.77. The van der Waals surface area contributed by atoms with E-state index in [1.807, 2.05) is 23.5 Å². The molecule has 4 heteroatoms. The Balaban J connectivity index is 2.92. The molecule has 0 bridgehead atoms. The van der Waals surface area contributed by atoms with E-state index in [2.05, 4.69) is 17.2 Å². The molecule has 0 N–H and O–H groups in total. The van der Waals surface area contributed by atoms with E-state index in [0.29, 0.717) is 5.56 Å². The zero-order chi connectivity index (χ0) is 9.68. The minimum absolute atomic E-state index is 0.345. The average molecular weight is 209 g/mol. The number of aliphatic imine (C=N–C) groups is 1. The Morgan fingerprint density at radius 2 is 2.08 bits per heavy atom. The van der Waals surface area contributed by atoms with Crippen molar-refractivity contribution in [3.05, 3.63) is 29.8 Å². The summed E-state index contributed by atoms with van der Waals surface area (Å²) in [6.07, 6.45) is 1.98. The maximum atomic E-state index is 11.1. The molecular formula is C9H7NOS2. The number of hydrogen-bond acceptors (Lipinski definition) is 3. The number of rotatable bonds is 2. The molecule has 0 atom stereocenters. The van der Waals surface area contributed by atoms with Crippen molar-refractivity contribution in [2.75, 3.05) is 6.26 Å². The number of thiocarbonyl (C=S) groups is 1. The first kappa shape index (κ1) is 10.1. The van der Waals surface area contributed by atoms with Crippen molar-refractivity contribution in [1.29, 1.82) is 0 Å². The molecule has 0 saturated carbocycles. The van der Waals surface area contributed by atoms with Crippen LogP contribution in [0.5, 0.6) is 0 Å². The number of carbonyl (C=O) groups is 1. The van der Waals surface area contributed by atoms with Crippen LogP contribution in [-0.4, -0.2) is 17.3 Å². The number of benzene rings is 1. The molecule has 0 aliphatic heterocycles. The van der Waals surface area contributed by atoms with Crippen LogP contribution in [0.1, 0.15) is 10.4 Å². The normalized spacial score (nSPS) is 9.00. The number of isothiocyanates is 1. The number of hydrogen-bond donors (Lipinski definition) is 0. The van der Waals surface area contributed by atoms with Crippen LogP contribution in [0.25, 0.3) is 0 Å². The highest BCUT2D eigenvalue weighted by atomic mass is 32.2. The van der Waals surface area contributed by atoms with Gasteiger partial charge in [-0.1, -0.05) is 0 Å². The van der Waals surface area contributed by atoms with Gasteiger partial charge in [0.15, 0.2) is 0 Å². The molecule has 2 nitrogen and oxygen atoms in total. The van der Waals surface area contributed by atoms with Crippen molar-refractivity contribution in [3.63, 3.8) is 0 Å². The smallest absolute Gasteiger partial charge is 0.266 e. The minimum Gasteiger partial charge on any atom is -0.266 e. The van der Waals surface area contributed by atoms with Crippen molar-refractivity contribution < 1.29 is 4.79 Å². The molecule has 1 aromatic carbocycles. The first-order chi connectivity index (χ1) is 6.27. The summed E-state index contributed by atoms with van der Waals surface area (Å²) in [5.41, 5.74) is 0.537. The van der Waals surface area contributed by atoms with Crippen LogP contribution in [0, 0.1) is 0 Å². The third-order valence-electron chi connectivity index (χ3n) is 1.48. The summed E-state index contributed by atoms with van der Waals surface area (Å²) >= 11 is 5.96. The largest absolute Gasteiger partial charge is 0.285 e. The Morgan fingerprint density at radius 1 is 1.46 bits per heavy atom. The highest BCUT2D eigenvalue weighted by Crippen LogP contribution is 2.15. The molecule has 0 saturated heterocycles. The predicted octanol–water partition coefficient (Wildman–Crippen LogP) is 2.65. The highest BCUT2D eigenvalue weighted by Gasteiger charge is 2.01. The summed E-state index contributed by atoms with van der Waals surface area (Å²) in [6, 6.07) is 7.20. The van der Waals surface area contributed by atoms with E-state index < -0.39 is 0 Å². The molecule has 1 amide bonds. The van der Waals surface area contributed by atoms with Crippen molar-refractivity contribution in [3.8, 4) is 0 Å². The Morgan fingerprint density at radius 3 is 2.54 bits per heavy atom. The lowest BCUT2D eigenvalue weighted by Gasteiger charge is -1.96. The molecule has 1 aromatic rings. The lowest BCUT2D eigenvalue weighted by Crippen LogP contribution is -1.92. The topological polar surface area (TPSA) is 29.4 Å². The zero-order valence-corrected chi connectivity index (χ0v) is 8.61. The van der Waals surface area contributed by atoms with Crippen LogP contribution >= 0.6 is 24.0 Å². The Bertz CT molecular complexity index is 352. The van der Waals surface area contributed by atoms with Gasteiger partial charge in [-0.2, -0.15) is 4.99 Å². The van der Waals surface area contributed by atoms with Crippen LogP contribution < -0.4 is 0 Å². The standard InChI is InChI=1S/C9H7NOS2/c1-13-8-4-2-7(3-5-8)9(11)10-6-12/h2-5H,1H3. The summed E-state index contributed by atoms with van der Waals surface area (Å²) < 4.78 is 0. The fourth-order valence-electron chi connectivity index (χ4n) is 0.840. The van der Waals surface area contributed by atoms with E-state index >= 15 is 0 Å². The van der Waals surface area contributed by atoms with E-state index in [-0.39, 0.29) is 5.91 Å². The van der Waals surface area contributed by atoms with Gasteiger partial charge in [0.05, 0.1) is 5.16 Å². The molecule has 0 aliphatic rings. The number of carbonyl (C=O) groups excluding carboxylic acids is 1. The molecule has 0 fully saturated rings. The first-order valence-corrected chi connectivity index (χ1v) is 5.17. The van der Waals surface area contributed by atoms with Crippen molar-refractivity contribution in [1.82, 2.24) is 0 Å². The highest BCUT2D eigenvalue weighted by molar-refractivity contribution is 7.98. The average Bonchev–Trinajstić information content (AvgIpc) is 2.18. The fourth-order valence-corrected chi connectivity index (χ4v) is 1.33. The first-order valence-electron chi connectivity index (χ1n) is 3.54. The molecular weight excluding hydrogens is 202 g/mol. The SMILES string of the molecule is CSc1ccc(C(=O)N=C=S)cc1. The molecule has 0 aromatic heterocycles. The number of nitrogens with zero attached hydrogens (tertiary/aromatic N) is 1. The van der Waals surface area contributed by atoms with Crippen molar-refractivity contribution in [2.24, 2.45) is 4.99 Å². The van der Waals surface area contributed by atoms with Gasteiger partial charge in [-0.3, -0.25) is 4.79 Å². The molecule has 0 unspecified atom stereocenters. The lowest BCUT2D eigenvalue weighted by atomic mass is 10.2. The molecule has 0 heterocycles. The summed E-state index contributed by atoms with van der Waals surface area (Å²) in [5, 5.41) is 2.05. The van der Waals surface area contributed by atoms with Crippen LogP contribution in [0.15, 0.2) is 34.2 Å². The minimum atomic E-state index is -0.345. The summed E-state index contributed by atoms with van der Waals surface area (Å²) in [5.74, 6) is -0.345. The van der Waals surface area contributed by atoms with Gasteiger partial charge in [-0.25, -0.2) is 0 Å². The second-order valence-corrected chi connectivity index (χ2v) is 3.30.